The Bertz CT molecular complexity index is 750. The highest BCUT2D eigenvalue weighted by atomic mass is 35.5. The third-order valence-corrected chi connectivity index (χ3v) is 4.86. The van der Waals surface area contributed by atoms with E-state index < -0.39 is 11.9 Å². The van der Waals surface area contributed by atoms with Gasteiger partial charge in [-0.25, -0.2) is 4.98 Å². The van der Waals surface area contributed by atoms with Crippen LogP contribution in [0.2, 0.25) is 5.02 Å². The summed E-state index contributed by atoms with van der Waals surface area (Å²) in [5, 5.41) is 14.9. The summed E-state index contributed by atoms with van der Waals surface area (Å²) >= 11 is 7.49. The average molecular weight is 348 g/mol. The Morgan fingerprint density at radius 2 is 2.35 bits per heavy atom. The molecule has 0 spiro atoms. The van der Waals surface area contributed by atoms with Crippen molar-refractivity contribution >= 4 is 28.8 Å². The van der Waals surface area contributed by atoms with E-state index in [2.05, 4.69) is 16.4 Å². The lowest BCUT2D eigenvalue weighted by Crippen LogP contribution is -2.28. The maximum absolute atomic E-state index is 12.3. The molecule has 0 bridgehead atoms. The van der Waals surface area contributed by atoms with Crippen molar-refractivity contribution in [2.75, 3.05) is 6.61 Å². The fourth-order valence-corrected chi connectivity index (χ4v) is 3.53. The number of nitrogens with zero attached hydrogens (tertiary/aromatic N) is 2. The van der Waals surface area contributed by atoms with E-state index in [9.17, 15) is 10.1 Å². The number of aromatic nitrogens is 1. The molecule has 2 unspecified atom stereocenters. The number of ether oxygens (including phenoxy) is 1. The van der Waals surface area contributed by atoms with Crippen LogP contribution >= 0.6 is 22.9 Å². The molecule has 1 aromatic carbocycles. The van der Waals surface area contributed by atoms with Gasteiger partial charge in [0.05, 0.1) is 6.07 Å². The number of amides is 1. The summed E-state index contributed by atoms with van der Waals surface area (Å²) in [5.74, 6) is -0.392. The van der Waals surface area contributed by atoms with E-state index in [-0.39, 0.29) is 6.10 Å². The molecule has 1 fully saturated rings. The maximum Gasteiger partial charge on any atom is 0.272 e. The number of hydrogen-bond donors (Lipinski definition) is 1. The first-order valence-corrected chi connectivity index (χ1v) is 8.46. The Hall–Kier alpha value is -1.94. The standard InChI is InChI=1S/C16H14ClN3O2S/c17-11-5-2-1-4-10(11)12(8-18)19-15(21)13-9-23-16(20-13)14-6-3-7-22-14/h1-2,4-5,9,12,14H,3,6-7H2,(H,19,21). The lowest BCUT2D eigenvalue weighted by molar-refractivity contribution is 0.0937. The number of carbonyl (C=O) groups excluding carboxylic acids is 1. The first-order valence-electron chi connectivity index (χ1n) is 7.21. The van der Waals surface area contributed by atoms with E-state index in [4.69, 9.17) is 16.3 Å². The van der Waals surface area contributed by atoms with Crippen molar-refractivity contribution in [2.24, 2.45) is 0 Å². The van der Waals surface area contributed by atoms with E-state index in [0.29, 0.717) is 16.3 Å². The van der Waals surface area contributed by atoms with Gasteiger partial charge < -0.3 is 10.1 Å². The van der Waals surface area contributed by atoms with Crippen LogP contribution in [-0.2, 0) is 4.74 Å². The monoisotopic (exact) mass is 347 g/mol. The topological polar surface area (TPSA) is 75.0 Å². The molecule has 3 rings (SSSR count). The molecule has 1 saturated heterocycles. The maximum atomic E-state index is 12.3. The van der Waals surface area contributed by atoms with Gasteiger partial charge >= 0.3 is 0 Å². The Labute approximate surface area is 142 Å². The SMILES string of the molecule is N#CC(NC(=O)c1csc(C2CCCO2)n1)c1ccccc1Cl. The van der Waals surface area contributed by atoms with Crippen LogP contribution < -0.4 is 5.32 Å². The predicted octanol–water partition coefficient (Wildman–Crippen LogP) is 3.64. The molecular formula is C16H14ClN3O2S. The third kappa shape index (κ3) is 3.53. The summed E-state index contributed by atoms with van der Waals surface area (Å²) in [5.41, 5.74) is 0.868. The van der Waals surface area contributed by atoms with Crippen LogP contribution in [0.1, 0.15) is 46.0 Å². The summed E-state index contributed by atoms with van der Waals surface area (Å²) in [6.07, 6.45) is 1.92. The van der Waals surface area contributed by atoms with Gasteiger partial charge in [0.2, 0.25) is 0 Å². The Morgan fingerprint density at radius 3 is 3.04 bits per heavy atom. The van der Waals surface area contributed by atoms with Crippen LogP contribution in [0.25, 0.3) is 0 Å². The molecule has 23 heavy (non-hydrogen) atoms. The van der Waals surface area contributed by atoms with Gasteiger partial charge in [-0.3, -0.25) is 4.79 Å². The van der Waals surface area contributed by atoms with E-state index in [1.165, 1.54) is 11.3 Å². The number of nitrogens with one attached hydrogen (secondary N) is 1. The van der Waals surface area contributed by atoms with Crippen LogP contribution in [0.4, 0.5) is 0 Å². The summed E-state index contributed by atoms with van der Waals surface area (Å²) < 4.78 is 5.57. The van der Waals surface area contributed by atoms with Crippen molar-refractivity contribution in [1.29, 1.82) is 5.26 Å². The van der Waals surface area contributed by atoms with Gasteiger partial charge in [0, 0.05) is 22.6 Å². The second kappa shape index (κ2) is 7.09. The van der Waals surface area contributed by atoms with Gasteiger partial charge in [0.25, 0.3) is 5.91 Å². The molecule has 7 heteroatoms. The summed E-state index contributed by atoms with van der Waals surface area (Å²) in [6.45, 7) is 0.731. The van der Waals surface area contributed by atoms with E-state index in [0.717, 1.165) is 24.5 Å². The molecule has 1 amide bonds. The number of halogens is 1. The second-order valence-corrected chi connectivity index (χ2v) is 6.43. The summed E-state index contributed by atoms with van der Waals surface area (Å²) in [4.78, 5) is 16.7. The van der Waals surface area contributed by atoms with Gasteiger partial charge in [-0.05, 0) is 18.9 Å². The van der Waals surface area contributed by atoms with Crippen molar-refractivity contribution < 1.29 is 9.53 Å². The smallest absolute Gasteiger partial charge is 0.272 e. The van der Waals surface area contributed by atoms with Crippen LogP contribution in [-0.4, -0.2) is 17.5 Å². The van der Waals surface area contributed by atoms with Crippen molar-refractivity contribution in [1.82, 2.24) is 10.3 Å². The number of rotatable bonds is 4. The normalized spacial score (nSPS) is 18.3. The van der Waals surface area contributed by atoms with Crippen LogP contribution in [0.15, 0.2) is 29.6 Å². The van der Waals surface area contributed by atoms with Crippen LogP contribution in [0.3, 0.4) is 0 Å². The fraction of sp³-hybridized carbons (Fsp3) is 0.312. The number of thiazole rings is 1. The molecule has 0 aliphatic carbocycles. The van der Waals surface area contributed by atoms with Gasteiger partial charge in [-0.2, -0.15) is 5.26 Å². The first-order chi connectivity index (χ1) is 11.2. The molecule has 5 nitrogen and oxygen atoms in total. The molecule has 1 N–H and O–H groups in total. The number of hydrogen-bond acceptors (Lipinski definition) is 5. The number of benzene rings is 1. The van der Waals surface area contributed by atoms with Crippen LogP contribution in [0.5, 0.6) is 0 Å². The minimum atomic E-state index is -0.816. The lowest BCUT2D eigenvalue weighted by atomic mass is 10.1. The Kier molecular flexibility index (Phi) is 4.91. The molecule has 2 aromatic rings. The fourth-order valence-electron chi connectivity index (χ4n) is 2.41. The summed E-state index contributed by atoms with van der Waals surface area (Å²) in [6, 6.07) is 8.19. The minimum Gasteiger partial charge on any atom is -0.371 e. The largest absolute Gasteiger partial charge is 0.371 e. The molecule has 1 aliphatic rings. The predicted molar refractivity (Wildman–Crippen MR) is 87.3 cm³/mol. The lowest BCUT2D eigenvalue weighted by Gasteiger charge is -2.12. The van der Waals surface area contributed by atoms with Crippen molar-refractivity contribution in [2.45, 2.75) is 25.0 Å². The molecule has 0 saturated carbocycles. The zero-order valence-electron chi connectivity index (χ0n) is 12.2. The highest BCUT2D eigenvalue weighted by molar-refractivity contribution is 7.09. The molecule has 2 atom stereocenters. The zero-order valence-corrected chi connectivity index (χ0v) is 13.7. The molecule has 0 radical (unpaired) electrons. The minimum absolute atomic E-state index is 0.0168. The zero-order chi connectivity index (χ0) is 16.2. The van der Waals surface area contributed by atoms with Gasteiger partial charge in [0.1, 0.15) is 22.8 Å². The first kappa shape index (κ1) is 15.9. The Balaban J connectivity index is 1.73. The van der Waals surface area contributed by atoms with Gasteiger partial charge in [-0.15, -0.1) is 11.3 Å². The number of nitriles is 1. The summed E-state index contributed by atoms with van der Waals surface area (Å²) in [7, 11) is 0. The molecule has 1 aromatic heterocycles. The van der Waals surface area contributed by atoms with E-state index in [1.807, 2.05) is 0 Å². The second-order valence-electron chi connectivity index (χ2n) is 5.13. The molecule has 118 valence electrons. The van der Waals surface area contributed by atoms with E-state index in [1.54, 1.807) is 29.6 Å². The van der Waals surface area contributed by atoms with Crippen LogP contribution in [0, 0.1) is 11.3 Å². The Morgan fingerprint density at radius 1 is 1.52 bits per heavy atom. The highest BCUT2D eigenvalue weighted by Gasteiger charge is 2.24. The van der Waals surface area contributed by atoms with E-state index >= 15 is 0 Å². The van der Waals surface area contributed by atoms with Crippen molar-refractivity contribution in [3.8, 4) is 6.07 Å². The molecule has 1 aliphatic heterocycles. The molecule has 2 heterocycles. The van der Waals surface area contributed by atoms with Gasteiger partial charge in [0.15, 0.2) is 0 Å². The molecular weight excluding hydrogens is 334 g/mol. The van der Waals surface area contributed by atoms with Crippen molar-refractivity contribution in [3.05, 3.63) is 50.9 Å². The highest BCUT2D eigenvalue weighted by Crippen LogP contribution is 2.30. The third-order valence-electron chi connectivity index (χ3n) is 3.58. The quantitative estimate of drug-likeness (QED) is 0.916. The number of carbonyl (C=O) groups is 1. The van der Waals surface area contributed by atoms with Gasteiger partial charge in [-0.1, -0.05) is 29.8 Å². The average Bonchev–Trinajstić information content (AvgIpc) is 3.23. The van der Waals surface area contributed by atoms with Crippen molar-refractivity contribution in [3.63, 3.8) is 0 Å².